The molecule has 27 heavy (non-hydrogen) atoms. The number of fused-ring (bicyclic) bond motifs is 1. The highest BCUT2D eigenvalue weighted by Gasteiger charge is 2.23. The lowest BCUT2D eigenvalue weighted by atomic mass is 9.95. The van der Waals surface area contributed by atoms with Gasteiger partial charge in [-0.2, -0.15) is 0 Å². The third-order valence-corrected chi connectivity index (χ3v) is 4.79. The number of allylic oxidation sites excluding steroid dienone is 1. The average molecular weight is 356 g/mol. The van der Waals surface area contributed by atoms with E-state index in [1.54, 1.807) is 18.2 Å². The van der Waals surface area contributed by atoms with Crippen molar-refractivity contribution >= 4 is 11.9 Å². The third-order valence-electron chi connectivity index (χ3n) is 4.79. The Morgan fingerprint density at radius 1 is 1.00 bits per heavy atom. The molecule has 0 amide bonds. The van der Waals surface area contributed by atoms with Crippen LogP contribution in [0.1, 0.15) is 39.6 Å². The molecule has 0 aliphatic carbocycles. The van der Waals surface area contributed by atoms with Crippen LogP contribution in [-0.4, -0.2) is 10.9 Å². The second kappa shape index (κ2) is 7.50. The van der Waals surface area contributed by atoms with Gasteiger partial charge in [0, 0.05) is 6.07 Å². The van der Waals surface area contributed by atoms with Crippen molar-refractivity contribution < 1.29 is 14.6 Å². The van der Waals surface area contributed by atoms with Crippen molar-refractivity contribution in [2.24, 2.45) is 0 Å². The first kappa shape index (κ1) is 17.1. The summed E-state index contributed by atoms with van der Waals surface area (Å²) in [5.41, 5.74) is 3.32. The maximum Gasteiger partial charge on any atom is 0.189 e. The highest BCUT2D eigenvalue weighted by atomic mass is 16.5. The molecule has 134 valence electrons. The van der Waals surface area contributed by atoms with Gasteiger partial charge in [-0.25, -0.2) is 0 Å². The SMILES string of the molecule is O=C(C=Cc1ccccc1)c1cc2c(cc1O)OC(c1ccccc1)CC2. The summed E-state index contributed by atoms with van der Waals surface area (Å²) in [5, 5.41) is 10.4. The highest BCUT2D eigenvalue weighted by molar-refractivity contribution is 6.08. The summed E-state index contributed by atoms with van der Waals surface area (Å²) in [7, 11) is 0. The van der Waals surface area contributed by atoms with Crippen LogP contribution in [-0.2, 0) is 6.42 Å². The van der Waals surface area contributed by atoms with Gasteiger partial charge in [0.1, 0.15) is 17.6 Å². The van der Waals surface area contributed by atoms with Crippen LogP contribution in [0.2, 0.25) is 0 Å². The van der Waals surface area contributed by atoms with E-state index in [4.69, 9.17) is 4.74 Å². The molecule has 0 radical (unpaired) electrons. The number of phenols is 1. The molecule has 0 saturated carbocycles. The maximum atomic E-state index is 12.5. The second-order valence-corrected chi connectivity index (χ2v) is 6.64. The summed E-state index contributed by atoms with van der Waals surface area (Å²) in [4.78, 5) is 12.5. The number of carbonyl (C=O) groups is 1. The Morgan fingerprint density at radius 2 is 1.70 bits per heavy atom. The van der Waals surface area contributed by atoms with Gasteiger partial charge in [0.25, 0.3) is 0 Å². The zero-order valence-corrected chi connectivity index (χ0v) is 14.8. The Kier molecular flexibility index (Phi) is 4.75. The van der Waals surface area contributed by atoms with E-state index < -0.39 is 0 Å². The lowest BCUT2D eigenvalue weighted by Crippen LogP contribution is -2.15. The maximum absolute atomic E-state index is 12.5. The van der Waals surface area contributed by atoms with Gasteiger partial charge in [0.15, 0.2) is 5.78 Å². The van der Waals surface area contributed by atoms with E-state index in [-0.39, 0.29) is 17.6 Å². The predicted molar refractivity (Wildman–Crippen MR) is 106 cm³/mol. The summed E-state index contributed by atoms with van der Waals surface area (Å²) in [6.45, 7) is 0. The van der Waals surface area contributed by atoms with Crippen LogP contribution in [0.15, 0.2) is 78.9 Å². The quantitative estimate of drug-likeness (QED) is 0.506. The Bertz CT molecular complexity index is 975. The molecule has 0 saturated heterocycles. The van der Waals surface area contributed by atoms with Crippen LogP contribution in [0.25, 0.3) is 6.08 Å². The van der Waals surface area contributed by atoms with Gasteiger partial charge in [0.2, 0.25) is 0 Å². The number of hydrogen-bond acceptors (Lipinski definition) is 3. The van der Waals surface area contributed by atoms with E-state index in [2.05, 4.69) is 0 Å². The monoisotopic (exact) mass is 356 g/mol. The molecule has 1 N–H and O–H groups in total. The average Bonchev–Trinajstić information content (AvgIpc) is 2.72. The summed E-state index contributed by atoms with van der Waals surface area (Å²) in [5.74, 6) is 0.380. The minimum Gasteiger partial charge on any atom is -0.507 e. The molecule has 1 aliphatic rings. The molecule has 0 spiro atoms. The van der Waals surface area contributed by atoms with Gasteiger partial charge in [-0.05, 0) is 41.7 Å². The zero-order valence-electron chi connectivity index (χ0n) is 14.8. The second-order valence-electron chi connectivity index (χ2n) is 6.64. The van der Waals surface area contributed by atoms with Crippen molar-refractivity contribution in [2.75, 3.05) is 0 Å². The first-order valence-electron chi connectivity index (χ1n) is 9.05. The summed E-state index contributed by atoms with van der Waals surface area (Å²) >= 11 is 0. The fourth-order valence-electron chi connectivity index (χ4n) is 3.34. The van der Waals surface area contributed by atoms with Crippen molar-refractivity contribution in [2.45, 2.75) is 18.9 Å². The molecule has 1 heterocycles. The number of ether oxygens (including phenoxy) is 1. The first-order chi connectivity index (χ1) is 13.2. The van der Waals surface area contributed by atoms with Crippen LogP contribution in [0.3, 0.4) is 0 Å². The molecule has 0 fully saturated rings. The van der Waals surface area contributed by atoms with Gasteiger partial charge >= 0.3 is 0 Å². The number of hydrogen-bond donors (Lipinski definition) is 1. The first-order valence-corrected chi connectivity index (χ1v) is 9.05. The molecular weight excluding hydrogens is 336 g/mol. The minimum atomic E-state index is -0.218. The number of aryl methyl sites for hydroxylation is 1. The van der Waals surface area contributed by atoms with Gasteiger partial charge in [-0.15, -0.1) is 0 Å². The summed E-state index contributed by atoms with van der Waals surface area (Å²) in [6, 6.07) is 23.0. The predicted octanol–water partition coefficient (Wildman–Crippen LogP) is 5.35. The number of phenolic OH excluding ortho intramolecular Hbond substituents is 1. The van der Waals surface area contributed by atoms with Gasteiger partial charge in [0.05, 0.1) is 5.56 Å². The standard InChI is InChI=1S/C24H20O3/c25-21(13-11-17-7-3-1-4-8-17)20-15-19-12-14-23(18-9-5-2-6-10-18)27-24(19)16-22(20)26/h1-11,13,15-16,23,26H,12,14H2. The van der Waals surface area contributed by atoms with Crippen molar-refractivity contribution in [1.82, 2.24) is 0 Å². The van der Waals surface area contributed by atoms with Crippen LogP contribution in [0, 0.1) is 0 Å². The number of benzene rings is 3. The Balaban J connectivity index is 1.56. The lowest BCUT2D eigenvalue weighted by molar-refractivity contribution is 0.104. The van der Waals surface area contributed by atoms with Gasteiger partial charge < -0.3 is 9.84 Å². The Hall–Kier alpha value is -3.33. The molecule has 3 heteroatoms. The molecule has 3 nitrogen and oxygen atoms in total. The van der Waals surface area contributed by atoms with Crippen molar-refractivity contribution in [3.8, 4) is 11.5 Å². The van der Waals surface area contributed by atoms with Crippen LogP contribution in [0.4, 0.5) is 0 Å². The number of rotatable bonds is 4. The summed E-state index contributed by atoms with van der Waals surface area (Å²) in [6.07, 6.45) is 4.86. The molecule has 4 rings (SSSR count). The Labute approximate surface area is 158 Å². The molecule has 0 bridgehead atoms. The van der Waals surface area contributed by atoms with E-state index in [0.717, 1.165) is 29.5 Å². The fourth-order valence-corrected chi connectivity index (χ4v) is 3.34. The van der Waals surface area contributed by atoms with E-state index in [9.17, 15) is 9.90 Å². The molecule has 3 aromatic rings. The minimum absolute atomic E-state index is 0.0300. The molecular formula is C24H20O3. The van der Waals surface area contributed by atoms with Crippen molar-refractivity contribution in [3.05, 3.63) is 101 Å². The van der Waals surface area contributed by atoms with Crippen molar-refractivity contribution in [1.29, 1.82) is 0 Å². The number of ketones is 1. The molecule has 3 aromatic carbocycles. The Morgan fingerprint density at radius 3 is 2.44 bits per heavy atom. The van der Waals surface area contributed by atoms with E-state index >= 15 is 0 Å². The number of carbonyl (C=O) groups excluding carboxylic acids is 1. The molecule has 0 aromatic heterocycles. The van der Waals surface area contributed by atoms with Crippen molar-refractivity contribution in [3.63, 3.8) is 0 Å². The fraction of sp³-hybridized carbons (Fsp3) is 0.125. The molecule has 1 aliphatic heterocycles. The zero-order chi connectivity index (χ0) is 18.6. The van der Waals surface area contributed by atoms with E-state index in [0.29, 0.717) is 11.3 Å². The van der Waals surface area contributed by atoms with Gasteiger partial charge in [-0.3, -0.25) is 4.79 Å². The molecule has 1 unspecified atom stereocenters. The molecule has 1 atom stereocenters. The van der Waals surface area contributed by atoms with Gasteiger partial charge in [-0.1, -0.05) is 66.7 Å². The highest BCUT2D eigenvalue weighted by Crippen LogP contribution is 2.38. The van der Waals surface area contributed by atoms with Crippen LogP contribution >= 0.6 is 0 Å². The van der Waals surface area contributed by atoms with E-state index in [1.165, 1.54) is 6.08 Å². The normalized spacial score (nSPS) is 15.9. The smallest absolute Gasteiger partial charge is 0.189 e. The topological polar surface area (TPSA) is 46.5 Å². The number of aromatic hydroxyl groups is 1. The largest absolute Gasteiger partial charge is 0.507 e. The summed E-state index contributed by atoms with van der Waals surface area (Å²) < 4.78 is 6.07. The van der Waals surface area contributed by atoms with Crippen LogP contribution < -0.4 is 4.74 Å². The third kappa shape index (κ3) is 3.77. The van der Waals surface area contributed by atoms with Crippen LogP contribution in [0.5, 0.6) is 11.5 Å². The lowest BCUT2D eigenvalue weighted by Gasteiger charge is -2.27. The van der Waals surface area contributed by atoms with E-state index in [1.807, 2.05) is 60.7 Å².